The number of anilines is 1. The second-order valence-electron chi connectivity index (χ2n) is 4.04. The van der Waals surface area contributed by atoms with E-state index in [9.17, 15) is 9.59 Å². The van der Waals surface area contributed by atoms with Gasteiger partial charge in [-0.1, -0.05) is 17.7 Å². The molecule has 0 aromatic heterocycles. The van der Waals surface area contributed by atoms with E-state index in [1.165, 1.54) is 7.11 Å². The predicted octanol–water partition coefficient (Wildman–Crippen LogP) is 1.76. The molecule has 0 fully saturated rings. The average molecular weight is 308 g/mol. The molecule has 110 valence electrons. The van der Waals surface area contributed by atoms with E-state index >= 15 is 0 Å². The Bertz CT molecular complexity index is 620. The Morgan fingerprint density at radius 3 is 2.76 bits per heavy atom. The maximum atomic E-state index is 11.9. The van der Waals surface area contributed by atoms with Crippen molar-refractivity contribution >= 4 is 29.2 Å². The molecule has 0 saturated carbocycles. The van der Waals surface area contributed by atoms with E-state index in [0.29, 0.717) is 10.7 Å². The summed E-state index contributed by atoms with van der Waals surface area (Å²) in [6, 6.07) is 6.76. The molecule has 1 rings (SSSR count). The Morgan fingerprint density at radius 2 is 2.19 bits per heavy atom. The summed E-state index contributed by atoms with van der Waals surface area (Å²) in [5, 5.41) is 14.5. The first kappa shape index (κ1) is 16.5. The third-order valence-electron chi connectivity index (χ3n) is 2.52. The van der Waals surface area contributed by atoms with E-state index in [4.69, 9.17) is 16.9 Å². The zero-order valence-electron chi connectivity index (χ0n) is 11.6. The summed E-state index contributed by atoms with van der Waals surface area (Å²) >= 11 is 5.95. The molecule has 1 amide bonds. The number of methoxy groups -OCH3 is 1. The lowest BCUT2D eigenvalue weighted by atomic mass is 10.2. The second-order valence-corrected chi connectivity index (χ2v) is 4.45. The van der Waals surface area contributed by atoms with Gasteiger partial charge in [0.15, 0.2) is 0 Å². The van der Waals surface area contributed by atoms with Gasteiger partial charge in [0.25, 0.3) is 5.91 Å². The quantitative estimate of drug-likeness (QED) is 0.491. The van der Waals surface area contributed by atoms with Crippen LogP contribution < -0.4 is 10.6 Å². The Morgan fingerprint density at radius 1 is 1.48 bits per heavy atom. The normalized spacial score (nSPS) is 10.5. The Hall–Kier alpha value is -2.52. The number of halogens is 1. The van der Waals surface area contributed by atoms with Gasteiger partial charge in [-0.15, -0.1) is 0 Å². The molecule has 0 spiro atoms. The number of hydrogen-bond acceptors (Lipinski definition) is 5. The van der Waals surface area contributed by atoms with Crippen LogP contribution in [-0.2, 0) is 14.3 Å². The molecule has 21 heavy (non-hydrogen) atoms. The molecule has 7 heteroatoms. The zero-order valence-corrected chi connectivity index (χ0v) is 12.3. The lowest BCUT2D eigenvalue weighted by Crippen LogP contribution is -2.22. The Labute approximate surface area is 127 Å². The molecule has 0 aliphatic heterocycles. The van der Waals surface area contributed by atoms with Crippen molar-refractivity contribution in [3.8, 4) is 6.07 Å². The van der Waals surface area contributed by atoms with Gasteiger partial charge in [-0.05, 0) is 24.6 Å². The summed E-state index contributed by atoms with van der Waals surface area (Å²) in [5.74, 6) is -1.11. The molecule has 0 aliphatic rings. The van der Waals surface area contributed by atoms with Gasteiger partial charge in [0.2, 0.25) is 0 Å². The third-order valence-corrected chi connectivity index (χ3v) is 2.92. The largest absolute Gasteiger partial charge is 0.468 e. The predicted molar refractivity (Wildman–Crippen MR) is 78.5 cm³/mol. The molecule has 6 nitrogen and oxygen atoms in total. The number of amides is 1. The number of esters is 1. The summed E-state index contributed by atoms with van der Waals surface area (Å²) in [7, 11) is 1.24. The fourth-order valence-corrected chi connectivity index (χ4v) is 1.51. The standard InChI is InChI=1S/C14H14ClN3O3/c1-9-3-4-11(5-12(9)15)18-14(20)10(6-16)7-17-8-13(19)21-2/h3-5,7,17H,8H2,1-2H3,(H,18,20)/b10-7-. The molecule has 2 N–H and O–H groups in total. The molecule has 0 bridgehead atoms. The summed E-state index contributed by atoms with van der Waals surface area (Å²) in [6.45, 7) is 1.70. The van der Waals surface area contributed by atoms with E-state index in [1.54, 1.807) is 24.3 Å². The SMILES string of the molecule is COC(=O)CN/C=C(/C#N)C(=O)Nc1ccc(C)c(Cl)c1. The number of nitrogens with one attached hydrogen (secondary N) is 2. The molecule has 1 aromatic carbocycles. The van der Waals surface area contributed by atoms with Gasteiger partial charge in [-0.25, -0.2) is 0 Å². The van der Waals surface area contributed by atoms with Crippen LogP contribution in [-0.4, -0.2) is 25.5 Å². The number of benzene rings is 1. The van der Waals surface area contributed by atoms with Gasteiger partial charge in [0, 0.05) is 16.9 Å². The maximum Gasteiger partial charge on any atom is 0.325 e. The molecule has 0 atom stereocenters. The third kappa shape index (κ3) is 5.16. The minimum atomic E-state index is -0.602. The van der Waals surface area contributed by atoms with Crippen LogP contribution in [0.2, 0.25) is 5.02 Å². The van der Waals surface area contributed by atoms with Crippen molar-refractivity contribution in [2.45, 2.75) is 6.92 Å². The van der Waals surface area contributed by atoms with Gasteiger partial charge in [-0.3, -0.25) is 9.59 Å². The van der Waals surface area contributed by atoms with Crippen LogP contribution in [0.3, 0.4) is 0 Å². The number of carbonyl (C=O) groups excluding carboxylic acids is 2. The van der Waals surface area contributed by atoms with E-state index < -0.39 is 11.9 Å². The second kappa shape index (κ2) is 7.92. The van der Waals surface area contributed by atoms with Gasteiger partial charge >= 0.3 is 5.97 Å². The first-order valence-corrected chi connectivity index (χ1v) is 6.33. The van der Waals surface area contributed by atoms with Crippen molar-refractivity contribution in [3.63, 3.8) is 0 Å². The smallest absolute Gasteiger partial charge is 0.325 e. The molecular weight excluding hydrogens is 294 g/mol. The first-order valence-electron chi connectivity index (χ1n) is 5.96. The zero-order chi connectivity index (χ0) is 15.8. The molecule has 0 heterocycles. The van der Waals surface area contributed by atoms with Crippen LogP contribution >= 0.6 is 11.6 Å². The number of ether oxygens (including phenoxy) is 1. The van der Waals surface area contributed by atoms with Crippen molar-refractivity contribution in [1.29, 1.82) is 5.26 Å². The minimum absolute atomic E-state index is 0.134. The van der Waals surface area contributed by atoms with E-state index in [2.05, 4.69) is 15.4 Å². The van der Waals surface area contributed by atoms with Crippen LogP contribution in [0.5, 0.6) is 0 Å². The lowest BCUT2D eigenvalue weighted by Gasteiger charge is -2.06. The van der Waals surface area contributed by atoms with E-state index in [0.717, 1.165) is 11.8 Å². The van der Waals surface area contributed by atoms with Crippen LogP contribution in [0.25, 0.3) is 0 Å². The number of hydrogen-bond donors (Lipinski definition) is 2. The average Bonchev–Trinajstić information content (AvgIpc) is 2.47. The fraction of sp³-hybridized carbons (Fsp3) is 0.214. The van der Waals surface area contributed by atoms with Crippen molar-refractivity contribution in [2.24, 2.45) is 0 Å². The van der Waals surface area contributed by atoms with Crippen molar-refractivity contribution < 1.29 is 14.3 Å². The van der Waals surface area contributed by atoms with Crippen LogP contribution in [0.15, 0.2) is 30.0 Å². The van der Waals surface area contributed by atoms with Gasteiger partial charge < -0.3 is 15.4 Å². The van der Waals surface area contributed by atoms with E-state index in [-0.39, 0.29) is 12.1 Å². The highest BCUT2D eigenvalue weighted by atomic mass is 35.5. The summed E-state index contributed by atoms with van der Waals surface area (Å²) in [4.78, 5) is 22.8. The molecule has 0 unspecified atom stereocenters. The number of aryl methyl sites for hydroxylation is 1. The molecule has 1 aromatic rings. The van der Waals surface area contributed by atoms with Gasteiger partial charge in [-0.2, -0.15) is 5.26 Å². The molecular formula is C14H14ClN3O3. The summed E-state index contributed by atoms with van der Waals surface area (Å²) in [5.41, 5.74) is 1.19. The Kier molecular flexibility index (Phi) is 6.24. The van der Waals surface area contributed by atoms with Gasteiger partial charge in [0.05, 0.1) is 7.11 Å². The lowest BCUT2D eigenvalue weighted by molar-refractivity contribution is -0.139. The molecule has 0 saturated heterocycles. The van der Waals surface area contributed by atoms with Crippen LogP contribution in [0.1, 0.15) is 5.56 Å². The van der Waals surface area contributed by atoms with Crippen molar-refractivity contribution in [3.05, 3.63) is 40.6 Å². The summed E-state index contributed by atoms with van der Waals surface area (Å²) < 4.78 is 4.42. The number of nitriles is 1. The topological polar surface area (TPSA) is 91.2 Å². The van der Waals surface area contributed by atoms with E-state index in [1.807, 2.05) is 6.92 Å². The highest BCUT2D eigenvalue weighted by Gasteiger charge is 2.10. The maximum absolute atomic E-state index is 11.9. The number of carbonyl (C=O) groups is 2. The monoisotopic (exact) mass is 307 g/mol. The Balaban J connectivity index is 2.71. The van der Waals surface area contributed by atoms with Crippen molar-refractivity contribution in [1.82, 2.24) is 5.32 Å². The molecule has 0 aliphatic carbocycles. The highest BCUT2D eigenvalue weighted by molar-refractivity contribution is 6.31. The molecule has 0 radical (unpaired) electrons. The van der Waals surface area contributed by atoms with Crippen LogP contribution in [0, 0.1) is 18.3 Å². The minimum Gasteiger partial charge on any atom is -0.468 e. The summed E-state index contributed by atoms with van der Waals surface area (Å²) in [6.07, 6.45) is 1.15. The van der Waals surface area contributed by atoms with Gasteiger partial charge in [0.1, 0.15) is 18.2 Å². The van der Waals surface area contributed by atoms with Crippen LogP contribution in [0.4, 0.5) is 5.69 Å². The first-order chi connectivity index (χ1) is 9.97. The van der Waals surface area contributed by atoms with Crippen molar-refractivity contribution in [2.75, 3.05) is 19.0 Å². The number of rotatable bonds is 5. The highest BCUT2D eigenvalue weighted by Crippen LogP contribution is 2.20. The fourth-order valence-electron chi connectivity index (χ4n) is 1.33. The number of nitrogens with zero attached hydrogens (tertiary/aromatic N) is 1.